The molecule has 2 N–H and O–H groups in total. The van der Waals surface area contributed by atoms with E-state index in [2.05, 4.69) is 5.32 Å². The molecule has 2 aliphatic rings. The van der Waals surface area contributed by atoms with E-state index in [9.17, 15) is 9.90 Å². The van der Waals surface area contributed by atoms with Crippen LogP contribution in [-0.4, -0.2) is 41.7 Å². The van der Waals surface area contributed by atoms with E-state index < -0.39 is 17.3 Å². The molecule has 0 aromatic carbocycles. The molecule has 0 radical (unpaired) electrons. The summed E-state index contributed by atoms with van der Waals surface area (Å²) in [5.74, 6) is 0.358. The van der Waals surface area contributed by atoms with E-state index in [1.807, 2.05) is 20.8 Å². The van der Waals surface area contributed by atoms with Crippen LogP contribution < -0.4 is 5.32 Å². The number of carbonyl (C=O) groups excluding carboxylic acids is 1. The van der Waals surface area contributed by atoms with E-state index in [1.165, 1.54) is 0 Å². The first kappa shape index (κ1) is 12.6. The van der Waals surface area contributed by atoms with Crippen LogP contribution in [0, 0.1) is 5.92 Å². The minimum absolute atomic E-state index is 0.244. The summed E-state index contributed by atoms with van der Waals surface area (Å²) in [5, 5.41) is 13.0. The van der Waals surface area contributed by atoms with Crippen LogP contribution in [0.1, 0.15) is 33.6 Å². The Kier molecular flexibility index (Phi) is 3.08. The zero-order valence-corrected chi connectivity index (χ0v) is 10.7. The molecule has 1 heterocycles. The lowest BCUT2D eigenvalue weighted by Gasteiger charge is -2.43. The summed E-state index contributed by atoms with van der Waals surface area (Å²) in [6.07, 6.45) is 1.63. The Labute approximate surface area is 101 Å². The molecule has 0 aromatic heterocycles. The first-order valence-corrected chi connectivity index (χ1v) is 6.10. The van der Waals surface area contributed by atoms with E-state index >= 15 is 0 Å². The van der Waals surface area contributed by atoms with Gasteiger partial charge in [0.1, 0.15) is 11.2 Å². The van der Waals surface area contributed by atoms with Gasteiger partial charge in [-0.2, -0.15) is 0 Å². The number of alkyl carbamates (subject to hydrolysis) is 1. The summed E-state index contributed by atoms with van der Waals surface area (Å²) < 4.78 is 10.2. The van der Waals surface area contributed by atoms with Crippen molar-refractivity contribution in [2.24, 2.45) is 5.92 Å². The van der Waals surface area contributed by atoms with Gasteiger partial charge in [-0.3, -0.25) is 0 Å². The fraction of sp³-hybridized carbons (Fsp3) is 0.917. The molecule has 1 aliphatic carbocycles. The van der Waals surface area contributed by atoms with E-state index in [4.69, 9.17) is 9.47 Å². The number of hydrogen-bond donors (Lipinski definition) is 2. The van der Waals surface area contributed by atoms with Crippen LogP contribution in [0.3, 0.4) is 0 Å². The molecular formula is C12H21NO4. The second-order valence-corrected chi connectivity index (χ2v) is 6.06. The smallest absolute Gasteiger partial charge is 0.407 e. The summed E-state index contributed by atoms with van der Waals surface area (Å²) in [7, 11) is 0. The standard InChI is InChI=1S/C12H21NO4/c1-11(2,3)17-10(14)13-9(8-4-5-8)12(15)6-16-7-12/h8-9,15H,4-7H2,1-3H3,(H,13,14). The molecule has 1 unspecified atom stereocenters. The molecule has 0 bridgehead atoms. The van der Waals surface area contributed by atoms with Crippen molar-refractivity contribution in [1.82, 2.24) is 5.32 Å². The van der Waals surface area contributed by atoms with Crippen molar-refractivity contribution in [3.8, 4) is 0 Å². The lowest BCUT2D eigenvalue weighted by molar-refractivity contribution is -0.196. The summed E-state index contributed by atoms with van der Waals surface area (Å²) >= 11 is 0. The van der Waals surface area contributed by atoms with Gasteiger partial charge in [0.15, 0.2) is 0 Å². The predicted octanol–water partition coefficient (Wildman–Crippen LogP) is 1.05. The molecule has 5 heteroatoms. The number of amides is 1. The molecule has 0 aromatic rings. The van der Waals surface area contributed by atoms with Crippen LogP contribution in [0.4, 0.5) is 4.79 Å². The Morgan fingerprint density at radius 2 is 2.06 bits per heavy atom. The van der Waals surface area contributed by atoms with Gasteiger partial charge in [-0.25, -0.2) is 4.79 Å². The Balaban J connectivity index is 1.92. The van der Waals surface area contributed by atoms with Gasteiger partial charge in [-0.1, -0.05) is 0 Å². The summed E-state index contributed by atoms with van der Waals surface area (Å²) in [6, 6.07) is -0.244. The van der Waals surface area contributed by atoms with E-state index in [-0.39, 0.29) is 6.04 Å². The summed E-state index contributed by atoms with van der Waals surface area (Å²) in [6.45, 7) is 6.05. The van der Waals surface area contributed by atoms with Gasteiger partial charge in [-0.15, -0.1) is 0 Å². The SMILES string of the molecule is CC(C)(C)OC(=O)NC(C1CC1)C1(O)COC1. The Morgan fingerprint density at radius 1 is 1.47 bits per heavy atom. The van der Waals surface area contributed by atoms with Crippen molar-refractivity contribution < 1.29 is 19.4 Å². The molecule has 2 rings (SSSR count). The maximum atomic E-state index is 11.7. The van der Waals surface area contributed by atoms with Gasteiger partial charge in [0.2, 0.25) is 0 Å². The van der Waals surface area contributed by atoms with Crippen LogP contribution in [-0.2, 0) is 9.47 Å². The monoisotopic (exact) mass is 243 g/mol. The quantitative estimate of drug-likeness (QED) is 0.777. The third kappa shape index (κ3) is 3.10. The van der Waals surface area contributed by atoms with Gasteiger partial charge in [0.25, 0.3) is 0 Å². The number of nitrogens with one attached hydrogen (secondary N) is 1. The molecule has 98 valence electrons. The van der Waals surface area contributed by atoms with Crippen LogP contribution in [0.15, 0.2) is 0 Å². The van der Waals surface area contributed by atoms with Gasteiger partial charge >= 0.3 is 6.09 Å². The average Bonchev–Trinajstić information content (AvgIpc) is 2.90. The Morgan fingerprint density at radius 3 is 2.41 bits per heavy atom. The van der Waals surface area contributed by atoms with E-state index in [0.717, 1.165) is 12.8 Å². The number of hydrogen-bond acceptors (Lipinski definition) is 4. The largest absolute Gasteiger partial charge is 0.444 e. The maximum absolute atomic E-state index is 11.7. The minimum atomic E-state index is -0.905. The van der Waals surface area contributed by atoms with E-state index in [1.54, 1.807) is 0 Å². The first-order valence-electron chi connectivity index (χ1n) is 6.10. The molecule has 1 amide bonds. The lowest BCUT2D eigenvalue weighted by Crippen LogP contribution is -2.65. The highest BCUT2D eigenvalue weighted by Gasteiger charge is 2.51. The van der Waals surface area contributed by atoms with Gasteiger partial charge in [0.05, 0.1) is 19.3 Å². The third-order valence-electron chi connectivity index (χ3n) is 3.05. The molecular weight excluding hydrogens is 222 g/mol. The molecule has 1 saturated carbocycles. The molecule has 1 aliphatic heterocycles. The van der Waals surface area contributed by atoms with Crippen molar-refractivity contribution in [1.29, 1.82) is 0 Å². The Bertz CT molecular complexity index is 302. The predicted molar refractivity (Wildman–Crippen MR) is 61.7 cm³/mol. The molecule has 17 heavy (non-hydrogen) atoms. The second-order valence-electron chi connectivity index (χ2n) is 6.06. The van der Waals surface area contributed by atoms with Crippen molar-refractivity contribution in [2.75, 3.05) is 13.2 Å². The molecule has 1 atom stereocenters. The Hall–Kier alpha value is -0.810. The van der Waals surface area contributed by atoms with Crippen LogP contribution in [0.5, 0.6) is 0 Å². The second kappa shape index (κ2) is 4.14. The maximum Gasteiger partial charge on any atom is 0.407 e. The topological polar surface area (TPSA) is 67.8 Å². The van der Waals surface area contributed by atoms with Crippen molar-refractivity contribution in [3.05, 3.63) is 0 Å². The fourth-order valence-corrected chi connectivity index (χ4v) is 2.05. The molecule has 5 nitrogen and oxygen atoms in total. The van der Waals surface area contributed by atoms with Gasteiger partial charge in [-0.05, 0) is 39.5 Å². The summed E-state index contributed by atoms with van der Waals surface area (Å²) in [4.78, 5) is 11.7. The van der Waals surface area contributed by atoms with Crippen LogP contribution in [0.25, 0.3) is 0 Å². The zero-order chi connectivity index (χ0) is 12.7. The fourth-order valence-electron chi connectivity index (χ4n) is 2.05. The molecule has 0 spiro atoms. The van der Waals surface area contributed by atoms with Gasteiger partial charge < -0.3 is 19.9 Å². The highest BCUT2D eigenvalue weighted by atomic mass is 16.6. The first-order chi connectivity index (χ1) is 7.80. The summed E-state index contributed by atoms with van der Waals surface area (Å²) in [5.41, 5.74) is -1.42. The van der Waals surface area contributed by atoms with Crippen LogP contribution >= 0.6 is 0 Å². The van der Waals surface area contributed by atoms with E-state index in [0.29, 0.717) is 19.1 Å². The number of ether oxygens (including phenoxy) is 2. The normalized spacial score (nSPS) is 24.7. The number of rotatable bonds is 3. The lowest BCUT2D eigenvalue weighted by atomic mass is 9.89. The van der Waals surface area contributed by atoms with Crippen molar-refractivity contribution in [2.45, 2.75) is 50.9 Å². The third-order valence-corrected chi connectivity index (χ3v) is 3.05. The molecule has 1 saturated heterocycles. The van der Waals surface area contributed by atoms with Crippen LogP contribution in [0.2, 0.25) is 0 Å². The highest BCUT2D eigenvalue weighted by molar-refractivity contribution is 5.68. The minimum Gasteiger partial charge on any atom is -0.444 e. The number of aliphatic hydroxyl groups is 1. The van der Waals surface area contributed by atoms with Gasteiger partial charge in [0, 0.05) is 0 Å². The zero-order valence-electron chi connectivity index (χ0n) is 10.7. The average molecular weight is 243 g/mol. The number of carbonyl (C=O) groups is 1. The van der Waals surface area contributed by atoms with Crippen molar-refractivity contribution in [3.63, 3.8) is 0 Å². The van der Waals surface area contributed by atoms with Crippen molar-refractivity contribution >= 4 is 6.09 Å². The molecule has 2 fully saturated rings. The highest BCUT2D eigenvalue weighted by Crippen LogP contribution is 2.39.